The molecule has 0 amide bonds. The van der Waals surface area contributed by atoms with Gasteiger partial charge in [-0.1, -0.05) is 15.9 Å². The maximum atomic E-state index is 9.69. The molecule has 0 atom stereocenters. The number of halogens is 1. The van der Waals surface area contributed by atoms with Gasteiger partial charge in [-0.15, -0.1) is 24.0 Å². The minimum absolute atomic E-state index is 0.318. The van der Waals surface area contributed by atoms with E-state index in [4.69, 9.17) is 0 Å². The molecule has 0 saturated heterocycles. The molecule has 1 aromatic carbocycles. The van der Waals surface area contributed by atoms with Gasteiger partial charge >= 0.3 is 0 Å². The summed E-state index contributed by atoms with van der Waals surface area (Å²) in [5.41, 5.74) is 1.13. The van der Waals surface area contributed by atoms with E-state index in [1.807, 2.05) is 11.4 Å². The first-order chi connectivity index (χ1) is 6.22. The van der Waals surface area contributed by atoms with Gasteiger partial charge in [-0.05, 0) is 23.1 Å². The minimum atomic E-state index is 0.318. The summed E-state index contributed by atoms with van der Waals surface area (Å²) in [5.74, 6) is 0.318. The van der Waals surface area contributed by atoms with E-state index >= 15 is 0 Å². The average molecular weight is 275 g/mol. The van der Waals surface area contributed by atoms with Crippen LogP contribution >= 0.6 is 39.9 Å². The quantitative estimate of drug-likeness (QED) is 0.599. The van der Waals surface area contributed by atoms with E-state index in [0.29, 0.717) is 5.75 Å². The molecule has 0 radical (unpaired) electrons. The van der Waals surface area contributed by atoms with Crippen molar-refractivity contribution in [3.05, 3.63) is 23.1 Å². The molecule has 0 saturated carbocycles. The Bertz CT molecular complexity index is 450. The van der Waals surface area contributed by atoms with Crippen molar-refractivity contribution < 1.29 is 5.11 Å². The summed E-state index contributed by atoms with van der Waals surface area (Å²) in [6.07, 6.45) is 0. The molecule has 4 heteroatoms. The number of phenolic OH excluding ortho intramolecular Hbond substituents is 1. The number of phenols is 1. The minimum Gasteiger partial charge on any atom is -0.507 e. The number of hydrogen-bond acceptors (Lipinski definition) is 3. The Hall–Kier alpha value is -0.190. The Labute approximate surface area is 93.9 Å². The van der Waals surface area contributed by atoms with Crippen LogP contribution in [0.25, 0.3) is 10.1 Å². The predicted octanol–water partition coefficient (Wildman–Crippen LogP) is 3.79. The number of benzene rings is 1. The first-order valence-corrected chi connectivity index (χ1v) is 6.15. The summed E-state index contributed by atoms with van der Waals surface area (Å²) in [6, 6.07) is 3.64. The van der Waals surface area contributed by atoms with E-state index < -0.39 is 0 Å². The molecule has 1 aromatic heterocycles. The van der Waals surface area contributed by atoms with Gasteiger partial charge in [0.1, 0.15) is 5.75 Å². The van der Waals surface area contributed by atoms with Crippen molar-refractivity contribution in [2.75, 3.05) is 0 Å². The summed E-state index contributed by atoms with van der Waals surface area (Å²) in [4.78, 5) is 0.799. The van der Waals surface area contributed by atoms with E-state index in [2.05, 4.69) is 28.6 Å². The first-order valence-electron chi connectivity index (χ1n) is 3.70. The Morgan fingerprint density at radius 1 is 1.46 bits per heavy atom. The monoisotopic (exact) mass is 274 g/mol. The third kappa shape index (κ3) is 1.58. The van der Waals surface area contributed by atoms with Gasteiger partial charge in [0, 0.05) is 20.3 Å². The molecule has 68 valence electrons. The smallest absolute Gasteiger partial charge is 0.125 e. The number of thiol groups is 1. The van der Waals surface area contributed by atoms with Gasteiger partial charge in [-0.3, -0.25) is 0 Å². The van der Waals surface area contributed by atoms with Crippen LogP contribution in [0, 0.1) is 0 Å². The summed E-state index contributed by atoms with van der Waals surface area (Å²) >= 11 is 9.22. The fraction of sp³-hybridized carbons (Fsp3) is 0.111. The molecule has 0 aliphatic heterocycles. The van der Waals surface area contributed by atoms with Gasteiger partial charge < -0.3 is 5.11 Å². The van der Waals surface area contributed by atoms with Crippen LogP contribution in [0.15, 0.2) is 22.4 Å². The highest BCUT2D eigenvalue weighted by molar-refractivity contribution is 9.08. The topological polar surface area (TPSA) is 20.2 Å². The zero-order valence-electron chi connectivity index (χ0n) is 6.62. The maximum Gasteiger partial charge on any atom is 0.125 e. The van der Waals surface area contributed by atoms with Crippen LogP contribution in [0.5, 0.6) is 5.75 Å². The Balaban J connectivity index is 2.82. The highest BCUT2D eigenvalue weighted by atomic mass is 79.9. The highest BCUT2D eigenvalue weighted by Gasteiger charge is 2.08. The van der Waals surface area contributed by atoms with E-state index in [-0.39, 0.29) is 0 Å². The molecule has 1 nitrogen and oxygen atoms in total. The van der Waals surface area contributed by atoms with Gasteiger partial charge in [0.15, 0.2) is 0 Å². The van der Waals surface area contributed by atoms with Crippen molar-refractivity contribution in [2.45, 2.75) is 10.2 Å². The highest BCUT2D eigenvalue weighted by Crippen LogP contribution is 2.36. The summed E-state index contributed by atoms with van der Waals surface area (Å²) < 4.78 is 1.08. The first kappa shape index (κ1) is 9.37. The number of thiophene rings is 1. The van der Waals surface area contributed by atoms with E-state index in [0.717, 1.165) is 25.9 Å². The van der Waals surface area contributed by atoms with Crippen LogP contribution in [0.2, 0.25) is 0 Å². The number of fused-ring (bicyclic) bond motifs is 1. The molecule has 2 aromatic rings. The second kappa shape index (κ2) is 3.52. The van der Waals surface area contributed by atoms with Crippen molar-refractivity contribution >= 4 is 50.0 Å². The van der Waals surface area contributed by atoms with Crippen LogP contribution in [0.1, 0.15) is 5.56 Å². The lowest BCUT2D eigenvalue weighted by Gasteiger charge is -1.99. The maximum absolute atomic E-state index is 9.69. The third-order valence-electron chi connectivity index (χ3n) is 1.86. The molecule has 2 rings (SSSR count). The lowest BCUT2D eigenvalue weighted by Crippen LogP contribution is -1.75. The molecular formula is C9H7BrOS2. The lowest BCUT2D eigenvalue weighted by molar-refractivity contribution is 0.480. The van der Waals surface area contributed by atoms with Gasteiger partial charge in [0.25, 0.3) is 0 Å². The van der Waals surface area contributed by atoms with Crippen molar-refractivity contribution in [2.24, 2.45) is 0 Å². The van der Waals surface area contributed by atoms with E-state index in [9.17, 15) is 5.11 Å². The van der Waals surface area contributed by atoms with Crippen LogP contribution in [-0.2, 0) is 5.33 Å². The van der Waals surface area contributed by atoms with Crippen LogP contribution in [0.3, 0.4) is 0 Å². The zero-order valence-corrected chi connectivity index (χ0v) is 9.92. The van der Waals surface area contributed by atoms with Gasteiger partial charge in [-0.25, -0.2) is 0 Å². The zero-order chi connectivity index (χ0) is 9.42. The normalized spacial score (nSPS) is 10.9. The molecule has 0 spiro atoms. The standard InChI is InChI=1S/C9H7BrOS2/c10-3-5-4-13-8-2-6(12)1-7(11)9(5)8/h1-2,4,11-12H,3H2. The second-order valence-corrected chi connectivity index (χ2v) is 4.72. The SMILES string of the molecule is Oc1cc(S)cc2scc(CBr)c12. The Morgan fingerprint density at radius 3 is 2.92 bits per heavy atom. The fourth-order valence-electron chi connectivity index (χ4n) is 1.29. The molecular weight excluding hydrogens is 268 g/mol. The van der Waals surface area contributed by atoms with Gasteiger partial charge in [-0.2, -0.15) is 0 Å². The molecule has 1 heterocycles. The molecule has 0 aliphatic rings. The van der Waals surface area contributed by atoms with Gasteiger partial charge in [0.2, 0.25) is 0 Å². The van der Waals surface area contributed by atoms with Crippen LogP contribution in [-0.4, -0.2) is 5.11 Å². The summed E-state index contributed by atoms with van der Waals surface area (Å²) in [5, 5.41) is 13.5. The van der Waals surface area contributed by atoms with Crippen LogP contribution < -0.4 is 0 Å². The predicted molar refractivity (Wildman–Crippen MR) is 63.4 cm³/mol. The third-order valence-corrected chi connectivity index (χ3v) is 3.70. The molecule has 0 bridgehead atoms. The fourth-order valence-corrected chi connectivity index (χ4v) is 3.31. The summed E-state index contributed by atoms with van der Waals surface area (Å²) in [6.45, 7) is 0. The number of alkyl halides is 1. The van der Waals surface area contributed by atoms with Gasteiger partial charge in [0.05, 0.1) is 0 Å². The Morgan fingerprint density at radius 2 is 2.23 bits per heavy atom. The number of rotatable bonds is 1. The summed E-state index contributed by atoms with van der Waals surface area (Å²) in [7, 11) is 0. The average Bonchev–Trinajstić information content (AvgIpc) is 2.47. The molecule has 13 heavy (non-hydrogen) atoms. The molecule has 0 unspecified atom stereocenters. The second-order valence-electron chi connectivity index (χ2n) is 2.73. The van der Waals surface area contributed by atoms with Crippen molar-refractivity contribution in [1.82, 2.24) is 0 Å². The lowest BCUT2D eigenvalue weighted by atomic mass is 10.2. The Kier molecular flexibility index (Phi) is 2.53. The van der Waals surface area contributed by atoms with E-state index in [1.54, 1.807) is 17.4 Å². The largest absolute Gasteiger partial charge is 0.507 e. The van der Waals surface area contributed by atoms with Crippen molar-refractivity contribution in [3.63, 3.8) is 0 Å². The molecule has 1 N–H and O–H groups in total. The van der Waals surface area contributed by atoms with Crippen molar-refractivity contribution in [1.29, 1.82) is 0 Å². The molecule has 0 aliphatic carbocycles. The molecule has 0 fully saturated rings. The number of hydrogen-bond donors (Lipinski definition) is 2. The number of aromatic hydroxyl groups is 1. The van der Waals surface area contributed by atoms with Crippen molar-refractivity contribution in [3.8, 4) is 5.75 Å². The van der Waals surface area contributed by atoms with E-state index in [1.165, 1.54) is 0 Å². The van der Waals surface area contributed by atoms with Crippen LogP contribution in [0.4, 0.5) is 0 Å².